The van der Waals surface area contributed by atoms with Crippen molar-refractivity contribution in [2.24, 2.45) is 11.8 Å². The van der Waals surface area contributed by atoms with Gasteiger partial charge in [-0.15, -0.1) is 0 Å². The molecule has 0 aliphatic heterocycles. The summed E-state index contributed by atoms with van der Waals surface area (Å²) in [5, 5.41) is 3.45. The second-order valence-electron chi connectivity index (χ2n) is 5.49. The Morgan fingerprint density at radius 3 is 2.56 bits per heavy atom. The maximum Gasteiger partial charge on any atom is 0.322 e. The smallest absolute Gasteiger partial charge is 0.322 e. The molecule has 0 spiro atoms. The molecular formula is C13H25NO2. The van der Waals surface area contributed by atoms with Crippen LogP contribution >= 0.6 is 0 Å². The first kappa shape index (κ1) is 13.5. The molecule has 0 saturated heterocycles. The highest BCUT2D eigenvalue weighted by atomic mass is 16.5. The Kier molecular flexibility index (Phi) is 5.26. The van der Waals surface area contributed by atoms with Crippen molar-refractivity contribution in [3.05, 3.63) is 0 Å². The highest BCUT2D eigenvalue weighted by Gasteiger charge is 2.27. The summed E-state index contributed by atoms with van der Waals surface area (Å²) < 4.78 is 4.85. The van der Waals surface area contributed by atoms with Crippen LogP contribution in [0.3, 0.4) is 0 Å². The number of nitrogens with one attached hydrogen (secondary N) is 1. The molecule has 1 aliphatic rings. The number of hydrogen-bond acceptors (Lipinski definition) is 3. The molecule has 16 heavy (non-hydrogen) atoms. The van der Waals surface area contributed by atoms with Crippen LogP contribution in [0.5, 0.6) is 0 Å². The van der Waals surface area contributed by atoms with Gasteiger partial charge in [0.1, 0.15) is 6.04 Å². The van der Waals surface area contributed by atoms with Crippen LogP contribution in [0.4, 0.5) is 0 Å². The Morgan fingerprint density at radius 2 is 2.12 bits per heavy atom. The first-order valence-electron chi connectivity index (χ1n) is 6.36. The zero-order valence-electron chi connectivity index (χ0n) is 11.0. The lowest BCUT2D eigenvalue weighted by molar-refractivity contribution is -0.143. The molecular weight excluding hydrogens is 202 g/mol. The molecule has 1 rings (SSSR count). The SMILES string of the molecule is COC(=O)C(CC(C)C)NC1CCC(C)C1. The fourth-order valence-electron chi connectivity index (χ4n) is 2.49. The van der Waals surface area contributed by atoms with E-state index in [2.05, 4.69) is 26.1 Å². The van der Waals surface area contributed by atoms with Gasteiger partial charge in [-0.25, -0.2) is 0 Å². The first-order valence-corrected chi connectivity index (χ1v) is 6.36. The molecule has 1 fully saturated rings. The minimum atomic E-state index is -0.125. The van der Waals surface area contributed by atoms with Crippen molar-refractivity contribution < 1.29 is 9.53 Å². The number of methoxy groups -OCH3 is 1. The van der Waals surface area contributed by atoms with E-state index in [1.54, 1.807) is 0 Å². The molecule has 94 valence electrons. The van der Waals surface area contributed by atoms with E-state index in [1.165, 1.54) is 26.4 Å². The minimum Gasteiger partial charge on any atom is -0.468 e. The average molecular weight is 227 g/mol. The second-order valence-corrected chi connectivity index (χ2v) is 5.49. The number of carbonyl (C=O) groups excluding carboxylic acids is 1. The van der Waals surface area contributed by atoms with Gasteiger partial charge in [-0.1, -0.05) is 20.8 Å². The largest absolute Gasteiger partial charge is 0.468 e. The lowest BCUT2D eigenvalue weighted by Gasteiger charge is -2.22. The van der Waals surface area contributed by atoms with E-state index < -0.39 is 0 Å². The maximum atomic E-state index is 11.6. The molecule has 0 heterocycles. The van der Waals surface area contributed by atoms with Crippen LogP contribution in [0.25, 0.3) is 0 Å². The standard InChI is InChI=1S/C13H25NO2/c1-9(2)7-12(13(15)16-4)14-11-6-5-10(3)8-11/h9-12,14H,5-8H2,1-4H3. The van der Waals surface area contributed by atoms with Crippen molar-refractivity contribution in [3.63, 3.8) is 0 Å². The zero-order valence-corrected chi connectivity index (χ0v) is 11.0. The van der Waals surface area contributed by atoms with Gasteiger partial charge in [-0.05, 0) is 37.5 Å². The van der Waals surface area contributed by atoms with E-state index in [4.69, 9.17) is 4.74 Å². The highest BCUT2D eigenvalue weighted by Crippen LogP contribution is 2.25. The number of carbonyl (C=O) groups is 1. The third-order valence-corrected chi connectivity index (χ3v) is 3.32. The summed E-state index contributed by atoms with van der Waals surface area (Å²) in [5.41, 5.74) is 0. The molecule has 0 aromatic heterocycles. The maximum absolute atomic E-state index is 11.6. The third kappa shape index (κ3) is 4.12. The van der Waals surface area contributed by atoms with Crippen LogP contribution in [-0.4, -0.2) is 25.2 Å². The molecule has 0 radical (unpaired) electrons. The van der Waals surface area contributed by atoms with Crippen LogP contribution in [-0.2, 0) is 9.53 Å². The van der Waals surface area contributed by atoms with Crippen LogP contribution in [0, 0.1) is 11.8 Å². The van der Waals surface area contributed by atoms with Gasteiger partial charge >= 0.3 is 5.97 Å². The average Bonchev–Trinajstić information content (AvgIpc) is 2.61. The summed E-state index contributed by atoms with van der Waals surface area (Å²) in [5.74, 6) is 1.18. The Bertz CT molecular complexity index is 228. The molecule has 0 amide bonds. The molecule has 1 aliphatic carbocycles. The van der Waals surface area contributed by atoms with E-state index in [0.717, 1.165) is 12.3 Å². The van der Waals surface area contributed by atoms with Gasteiger partial charge in [0.05, 0.1) is 7.11 Å². The summed E-state index contributed by atoms with van der Waals surface area (Å²) in [7, 11) is 1.47. The fraction of sp³-hybridized carbons (Fsp3) is 0.923. The predicted molar refractivity (Wildman–Crippen MR) is 65.2 cm³/mol. The molecule has 3 nitrogen and oxygen atoms in total. The molecule has 0 aromatic carbocycles. The van der Waals surface area contributed by atoms with Gasteiger partial charge < -0.3 is 10.1 Å². The Labute approximate surface area is 98.9 Å². The van der Waals surface area contributed by atoms with Crippen molar-refractivity contribution in [2.75, 3.05) is 7.11 Å². The van der Waals surface area contributed by atoms with Gasteiger partial charge in [-0.3, -0.25) is 4.79 Å². The lowest BCUT2D eigenvalue weighted by atomic mass is 10.0. The summed E-state index contributed by atoms with van der Waals surface area (Å²) in [6.45, 7) is 6.54. The van der Waals surface area contributed by atoms with Crippen molar-refractivity contribution >= 4 is 5.97 Å². The van der Waals surface area contributed by atoms with E-state index in [0.29, 0.717) is 12.0 Å². The summed E-state index contributed by atoms with van der Waals surface area (Å²) in [4.78, 5) is 11.6. The third-order valence-electron chi connectivity index (χ3n) is 3.32. The number of hydrogen-bond donors (Lipinski definition) is 1. The first-order chi connectivity index (χ1) is 7.52. The Hall–Kier alpha value is -0.570. The Morgan fingerprint density at radius 1 is 1.44 bits per heavy atom. The van der Waals surface area contributed by atoms with E-state index in [9.17, 15) is 4.79 Å². The topological polar surface area (TPSA) is 38.3 Å². The number of rotatable bonds is 5. The van der Waals surface area contributed by atoms with Crippen LogP contribution in [0.2, 0.25) is 0 Å². The number of esters is 1. The van der Waals surface area contributed by atoms with Crippen molar-refractivity contribution in [3.8, 4) is 0 Å². The van der Waals surface area contributed by atoms with Crippen LogP contribution in [0.1, 0.15) is 46.5 Å². The van der Waals surface area contributed by atoms with Gasteiger partial charge in [-0.2, -0.15) is 0 Å². The predicted octanol–water partition coefficient (Wildman–Crippen LogP) is 2.35. The molecule has 3 atom stereocenters. The van der Waals surface area contributed by atoms with Crippen molar-refractivity contribution in [1.29, 1.82) is 0 Å². The fourth-order valence-corrected chi connectivity index (χ4v) is 2.49. The molecule has 3 heteroatoms. The quantitative estimate of drug-likeness (QED) is 0.733. The number of ether oxygens (including phenoxy) is 1. The normalized spacial score (nSPS) is 27.1. The lowest BCUT2D eigenvalue weighted by Crippen LogP contribution is -2.43. The summed E-state index contributed by atoms with van der Waals surface area (Å²) in [6, 6.07) is 0.373. The zero-order chi connectivity index (χ0) is 12.1. The highest BCUT2D eigenvalue weighted by molar-refractivity contribution is 5.75. The van der Waals surface area contributed by atoms with Gasteiger partial charge in [0.15, 0.2) is 0 Å². The summed E-state index contributed by atoms with van der Waals surface area (Å²) in [6.07, 6.45) is 4.50. The Balaban J connectivity index is 2.46. The molecule has 1 saturated carbocycles. The van der Waals surface area contributed by atoms with Gasteiger partial charge in [0.25, 0.3) is 0 Å². The summed E-state index contributed by atoms with van der Waals surface area (Å²) >= 11 is 0. The van der Waals surface area contributed by atoms with Crippen molar-refractivity contribution in [2.45, 2.75) is 58.5 Å². The van der Waals surface area contributed by atoms with Crippen LogP contribution < -0.4 is 5.32 Å². The van der Waals surface area contributed by atoms with Crippen molar-refractivity contribution in [1.82, 2.24) is 5.32 Å². The van der Waals surface area contributed by atoms with E-state index >= 15 is 0 Å². The van der Waals surface area contributed by atoms with Gasteiger partial charge in [0, 0.05) is 6.04 Å². The van der Waals surface area contributed by atoms with Crippen LogP contribution in [0.15, 0.2) is 0 Å². The molecule has 0 aromatic rings. The van der Waals surface area contributed by atoms with E-state index in [1.807, 2.05) is 0 Å². The molecule has 3 unspecified atom stereocenters. The monoisotopic (exact) mass is 227 g/mol. The molecule has 0 bridgehead atoms. The molecule has 1 N–H and O–H groups in total. The minimum absolute atomic E-state index is 0.117. The second kappa shape index (κ2) is 6.24. The van der Waals surface area contributed by atoms with E-state index in [-0.39, 0.29) is 12.0 Å². The van der Waals surface area contributed by atoms with Gasteiger partial charge in [0.2, 0.25) is 0 Å².